The molecule has 2 atom stereocenters. The van der Waals surface area contributed by atoms with Crippen molar-refractivity contribution in [3.8, 4) is 0 Å². The van der Waals surface area contributed by atoms with Crippen molar-refractivity contribution in [2.75, 3.05) is 19.0 Å². The Bertz CT molecular complexity index is 484. The maximum absolute atomic E-state index is 13.1. The number of hydrogen-bond donors (Lipinski definition) is 0. The van der Waals surface area contributed by atoms with Crippen molar-refractivity contribution in [1.29, 1.82) is 0 Å². The molecule has 1 aliphatic rings. The van der Waals surface area contributed by atoms with Gasteiger partial charge in [-0.2, -0.15) is 0 Å². The number of benzene rings is 1. The number of alkyl halides is 1. The summed E-state index contributed by atoms with van der Waals surface area (Å²) < 4.78 is 18.7. The Morgan fingerprint density at radius 1 is 1.53 bits per heavy atom. The molecule has 3 nitrogen and oxygen atoms in total. The zero-order chi connectivity index (χ0) is 14.0. The Morgan fingerprint density at radius 2 is 2.26 bits per heavy atom. The number of ether oxygens (including phenoxy) is 1. The molecule has 2 unspecified atom stereocenters. The summed E-state index contributed by atoms with van der Waals surface area (Å²) in [7, 11) is 0. The molecule has 104 valence electrons. The van der Waals surface area contributed by atoms with E-state index in [1.807, 2.05) is 6.92 Å². The minimum atomic E-state index is -0.535. The lowest BCUT2D eigenvalue weighted by Gasteiger charge is -2.36. The molecule has 0 aliphatic carbocycles. The summed E-state index contributed by atoms with van der Waals surface area (Å²) in [4.78, 5) is 14.0. The lowest BCUT2D eigenvalue weighted by molar-refractivity contribution is -0.0570. The average molecular weight is 306 g/mol. The fourth-order valence-electron chi connectivity index (χ4n) is 2.11. The van der Waals surface area contributed by atoms with Crippen LogP contribution in [0.3, 0.4) is 0 Å². The summed E-state index contributed by atoms with van der Waals surface area (Å²) in [5.74, 6) is -0.391. The molecule has 1 amide bonds. The first-order valence-corrected chi connectivity index (χ1v) is 6.88. The number of amides is 1. The fourth-order valence-corrected chi connectivity index (χ4v) is 2.46. The van der Waals surface area contributed by atoms with Crippen LogP contribution in [-0.2, 0) is 4.74 Å². The van der Waals surface area contributed by atoms with Gasteiger partial charge >= 0.3 is 0 Å². The molecule has 0 radical (unpaired) electrons. The van der Waals surface area contributed by atoms with Gasteiger partial charge in [0.05, 0.1) is 23.1 Å². The topological polar surface area (TPSA) is 29.5 Å². The molecule has 1 aliphatic heterocycles. The lowest BCUT2D eigenvalue weighted by atomic mass is 10.1. The van der Waals surface area contributed by atoms with Crippen LogP contribution in [0.15, 0.2) is 18.2 Å². The summed E-state index contributed by atoms with van der Waals surface area (Å²) in [6.45, 7) is 2.81. The summed E-state index contributed by atoms with van der Waals surface area (Å²) in [6.07, 6.45) is -0.248. The van der Waals surface area contributed by atoms with Crippen molar-refractivity contribution >= 4 is 29.1 Å². The summed E-state index contributed by atoms with van der Waals surface area (Å²) in [6, 6.07) is 3.97. The van der Waals surface area contributed by atoms with Crippen LogP contribution in [0.1, 0.15) is 17.3 Å². The van der Waals surface area contributed by atoms with E-state index < -0.39 is 5.82 Å². The molecule has 0 aromatic heterocycles. The van der Waals surface area contributed by atoms with Gasteiger partial charge in [-0.25, -0.2) is 4.39 Å². The molecule has 0 N–H and O–H groups in total. The first-order chi connectivity index (χ1) is 9.01. The second-order valence-electron chi connectivity index (χ2n) is 4.56. The number of morpholine rings is 1. The van der Waals surface area contributed by atoms with Crippen LogP contribution in [-0.4, -0.2) is 42.0 Å². The average Bonchev–Trinajstić information content (AvgIpc) is 2.40. The molecule has 1 saturated heterocycles. The second-order valence-corrected chi connectivity index (χ2v) is 5.28. The van der Waals surface area contributed by atoms with Crippen LogP contribution in [0.2, 0.25) is 5.02 Å². The molecule has 1 fully saturated rings. The van der Waals surface area contributed by atoms with Gasteiger partial charge in [0.2, 0.25) is 0 Å². The molecule has 2 rings (SSSR count). The third-order valence-electron chi connectivity index (χ3n) is 2.95. The number of hydrogen-bond acceptors (Lipinski definition) is 2. The highest BCUT2D eigenvalue weighted by Crippen LogP contribution is 2.19. The van der Waals surface area contributed by atoms with E-state index in [0.717, 1.165) is 0 Å². The van der Waals surface area contributed by atoms with E-state index in [1.54, 1.807) is 4.90 Å². The van der Waals surface area contributed by atoms with Crippen molar-refractivity contribution < 1.29 is 13.9 Å². The summed E-state index contributed by atoms with van der Waals surface area (Å²) in [5, 5.41) is -0.0546. The van der Waals surface area contributed by atoms with Crippen LogP contribution in [0.25, 0.3) is 0 Å². The Labute approximate surface area is 121 Å². The molecular weight excluding hydrogens is 292 g/mol. The van der Waals surface area contributed by atoms with E-state index in [1.165, 1.54) is 18.2 Å². The Hall–Kier alpha value is -0.840. The largest absolute Gasteiger partial charge is 0.370 e. The minimum absolute atomic E-state index is 0.0546. The molecule has 6 heteroatoms. The lowest BCUT2D eigenvalue weighted by Crippen LogP contribution is -2.49. The Balaban J connectivity index is 2.16. The third kappa shape index (κ3) is 3.38. The van der Waals surface area contributed by atoms with E-state index >= 15 is 0 Å². The minimum Gasteiger partial charge on any atom is -0.370 e. The summed E-state index contributed by atoms with van der Waals surface area (Å²) in [5.41, 5.74) is 0.369. The predicted octanol–water partition coefficient (Wildman–Crippen LogP) is 2.95. The van der Waals surface area contributed by atoms with E-state index in [2.05, 4.69) is 0 Å². The highest BCUT2D eigenvalue weighted by atomic mass is 35.5. The van der Waals surface area contributed by atoms with E-state index in [9.17, 15) is 9.18 Å². The molecule has 1 heterocycles. The Kier molecular flexibility index (Phi) is 4.66. The van der Waals surface area contributed by atoms with Gasteiger partial charge in [-0.3, -0.25) is 4.79 Å². The van der Waals surface area contributed by atoms with Gasteiger partial charge in [-0.15, -0.1) is 11.6 Å². The fraction of sp³-hybridized carbons (Fsp3) is 0.462. The highest BCUT2D eigenvalue weighted by Gasteiger charge is 2.28. The monoisotopic (exact) mass is 305 g/mol. The van der Waals surface area contributed by atoms with Crippen molar-refractivity contribution in [2.45, 2.75) is 19.1 Å². The first kappa shape index (κ1) is 14.6. The highest BCUT2D eigenvalue weighted by molar-refractivity contribution is 6.31. The quantitative estimate of drug-likeness (QED) is 0.786. The molecule has 0 bridgehead atoms. The van der Waals surface area contributed by atoms with Crippen LogP contribution >= 0.6 is 23.2 Å². The van der Waals surface area contributed by atoms with Gasteiger partial charge < -0.3 is 9.64 Å². The zero-order valence-corrected chi connectivity index (χ0v) is 11.9. The van der Waals surface area contributed by atoms with Gasteiger partial charge in [0, 0.05) is 18.7 Å². The van der Waals surface area contributed by atoms with Crippen molar-refractivity contribution in [1.82, 2.24) is 4.90 Å². The second kappa shape index (κ2) is 6.07. The smallest absolute Gasteiger partial charge is 0.254 e. The van der Waals surface area contributed by atoms with Gasteiger partial charge in [0.1, 0.15) is 5.82 Å². The number of carbonyl (C=O) groups excluding carboxylic acids is 1. The summed E-state index contributed by atoms with van der Waals surface area (Å²) >= 11 is 11.5. The van der Waals surface area contributed by atoms with Crippen molar-refractivity contribution in [3.63, 3.8) is 0 Å². The number of carbonyl (C=O) groups is 1. The number of halogens is 3. The molecule has 19 heavy (non-hydrogen) atoms. The number of nitrogens with zero attached hydrogens (tertiary/aromatic N) is 1. The standard InChI is InChI=1S/C13H14Cl2FNO2/c1-8-6-17(7-10(5-14)19-8)13(18)9-2-3-12(16)11(15)4-9/h2-4,8,10H,5-7H2,1H3. The van der Waals surface area contributed by atoms with Gasteiger partial charge in [0.15, 0.2) is 0 Å². The first-order valence-electron chi connectivity index (χ1n) is 5.97. The third-order valence-corrected chi connectivity index (χ3v) is 3.59. The molecule has 0 saturated carbocycles. The molecule has 1 aromatic carbocycles. The zero-order valence-electron chi connectivity index (χ0n) is 10.4. The van der Waals surface area contributed by atoms with Crippen LogP contribution in [0.5, 0.6) is 0 Å². The molecular formula is C13H14Cl2FNO2. The maximum Gasteiger partial charge on any atom is 0.254 e. The molecule has 1 aromatic rings. The SMILES string of the molecule is CC1CN(C(=O)c2ccc(F)c(Cl)c2)CC(CCl)O1. The van der Waals surface area contributed by atoms with Crippen LogP contribution in [0, 0.1) is 5.82 Å². The van der Waals surface area contributed by atoms with Gasteiger partial charge in [-0.1, -0.05) is 11.6 Å². The van der Waals surface area contributed by atoms with Gasteiger partial charge in [-0.05, 0) is 25.1 Å². The number of rotatable bonds is 2. The molecule has 0 spiro atoms. The normalized spacial score (nSPS) is 23.5. The Morgan fingerprint density at radius 3 is 2.89 bits per heavy atom. The van der Waals surface area contributed by atoms with Crippen molar-refractivity contribution in [2.24, 2.45) is 0 Å². The van der Waals surface area contributed by atoms with Crippen molar-refractivity contribution in [3.05, 3.63) is 34.6 Å². The maximum atomic E-state index is 13.1. The van der Waals surface area contributed by atoms with Crippen LogP contribution in [0.4, 0.5) is 4.39 Å². The predicted molar refractivity (Wildman–Crippen MR) is 72.4 cm³/mol. The van der Waals surface area contributed by atoms with Gasteiger partial charge in [0.25, 0.3) is 5.91 Å². The van der Waals surface area contributed by atoms with E-state index in [-0.39, 0.29) is 23.1 Å². The van der Waals surface area contributed by atoms with Crippen LogP contribution < -0.4 is 0 Å². The van der Waals surface area contributed by atoms with E-state index in [0.29, 0.717) is 24.5 Å². The van der Waals surface area contributed by atoms with E-state index in [4.69, 9.17) is 27.9 Å².